The van der Waals surface area contributed by atoms with Gasteiger partial charge in [0.25, 0.3) is 0 Å². The monoisotopic (exact) mass is 581 g/mol. The summed E-state index contributed by atoms with van der Waals surface area (Å²) in [5.41, 5.74) is 0.474. The second-order valence-corrected chi connectivity index (χ2v) is 12.0. The first kappa shape index (κ1) is 29.5. The van der Waals surface area contributed by atoms with Gasteiger partial charge in [-0.05, 0) is 43.2 Å². The van der Waals surface area contributed by atoms with Crippen molar-refractivity contribution in [1.29, 1.82) is 0 Å². The Hall–Kier alpha value is -1.71. The van der Waals surface area contributed by atoms with Gasteiger partial charge >= 0.3 is 0 Å². The Bertz CT molecular complexity index is 1170. The Labute approximate surface area is 226 Å². The molecule has 0 unspecified atom stereocenters. The van der Waals surface area contributed by atoms with Crippen molar-refractivity contribution in [2.75, 3.05) is 23.7 Å². The molecule has 2 aromatic carbocycles. The van der Waals surface area contributed by atoms with Gasteiger partial charge in [-0.1, -0.05) is 66.3 Å². The SMILES string of the molecule is CC(C)CNC(=O)[C@H](C)N(Cc1c(Cl)cccc1Cl)C(=O)CN(c1cc(Cl)ccc1Cl)S(C)(=O)=O. The quantitative estimate of drug-likeness (QED) is 0.414. The van der Waals surface area contributed by atoms with Gasteiger partial charge < -0.3 is 10.2 Å². The maximum absolute atomic E-state index is 13.6. The predicted molar refractivity (Wildman–Crippen MR) is 143 cm³/mol. The zero-order valence-electron chi connectivity index (χ0n) is 19.7. The van der Waals surface area contributed by atoms with E-state index in [0.29, 0.717) is 22.2 Å². The van der Waals surface area contributed by atoms with Gasteiger partial charge in [0.05, 0.1) is 17.0 Å². The maximum Gasteiger partial charge on any atom is 0.244 e. The third kappa shape index (κ3) is 8.15. The van der Waals surface area contributed by atoms with Gasteiger partial charge in [-0.2, -0.15) is 0 Å². The number of nitrogens with one attached hydrogen (secondary N) is 1. The number of carbonyl (C=O) groups is 2. The number of benzene rings is 2. The minimum absolute atomic E-state index is 0.0441. The molecular weight excluding hydrogens is 556 g/mol. The van der Waals surface area contributed by atoms with Gasteiger partial charge in [0.15, 0.2) is 0 Å². The van der Waals surface area contributed by atoms with Crippen LogP contribution in [-0.2, 0) is 26.2 Å². The molecule has 1 N–H and O–H groups in total. The summed E-state index contributed by atoms with van der Waals surface area (Å²) in [5, 5.41) is 3.75. The number of hydrogen-bond donors (Lipinski definition) is 1. The van der Waals surface area contributed by atoms with Crippen molar-refractivity contribution in [3.63, 3.8) is 0 Å². The normalized spacial score (nSPS) is 12.4. The average Bonchev–Trinajstić information content (AvgIpc) is 2.76. The lowest BCUT2D eigenvalue weighted by Gasteiger charge is -2.32. The summed E-state index contributed by atoms with van der Waals surface area (Å²) in [4.78, 5) is 27.7. The molecule has 192 valence electrons. The fourth-order valence-corrected chi connectivity index (χ4v) is 4.97. The van der Waals surface area contributed by atoms with Crippen LogP contribution in [0.15, 0.2) is 36.4 Å². The summed E-state index contributed by atoms with van der Waals surface area (Å²) in [6.07, 6.45) is 0.950. The molecule has 0 saturated heterocycles. The molecule has 0 heterocycles. The van der Waals surface area contributed by atoms with Crippen molar-refractivity contribution in [1.82, 2.24) is 10.2 Å². The lowest BCUT2D eigenvalue weighted by atomic mass is 10.1. The zero-order chi connectivity index (χ0) is 26.5. The van der Waals surface area contributed by atoms with Gasteiger partial charge in [-0.25, -0.2) is 8.42 Å². The molecular formula is C23H27Cl4N3O4S. The van der Waals surface area contributed by atoms with Crippen LogP contribution < -0.4 is 9.62 Å². The summed E-state index contributed by atoms with van der Waals surface area (Å²) < 4.78 is 26.1. The minimum Gasteiger partial charge on any atom is -0.354 e. The highest BCUT2D eigenvalue weighted by Gasteiger charge is 2.31. The van der Waals surface area contributed by atoms with E-state index in [4.69, 9.17) is 46.4 Å². The first-order valence-electron chi connectivity index (χ1n) is 10.6. The smallest absolute Gasteiger partial charge is 0.244 e. The average molecular weight is 583 g/mol. The van der Waals surface area contributed by atoms with Crippen molar-refractivity contribution in [2.24, 2.45) is 5.92 Å². The number of anilines is 1. The molecule has 0 aliphatic carbocycles. The summed E-state index contributed by atoms with van der Waals surface area (Å²) in [5.74, 6) is -0.865. The molecule has 1 atom stereocenters. The van der Waals surface area contributed by atoms with E-state index in [9.17, 15) is 18.0 Å². The standard InChI is InChI=1S/C23H27Cl4N3O4S/c1-14(2)11-28-23(32)15(3)29(12-17-18(25)6-5-7-19(17)26)22(31)13-30(35(4,33)34)21-10-16(24)8-9-20(21)27/h5-10,14-15H,11-13H2,1-4H3,(H,28,32)/t15-/m0/s1. The molecule has 0 spiro atoms. The van der Waals surface area contributed by atoms with Crippen LogP contribution in [0.1, 0.15) is 26.3 Å². The van der Waals surface area contributed by atoms with Gasteiger partial charge in [0.2, 0.25) is 21.8 Å². The fourth-order valence-electron chi connectivity index (χ4n) is 3.16. The van der Waals surface area contributed by atoms with Crippen molar-refractivity contribution >= 4 is 73.9 Å². The van der Waals surface area contributed by atoms with Crippen LogP contribution >= 0.6 is 46.4 Å². The molecule has 0 aliphatic rings. The zero-order valence-corrected chi connectivity index (χ0v) is 23.5. The van der Waals surface area contributed by atoms with E-state index in [1.54, 1.807) is 25.1 Å². The Morgan fingerprint density at radius 3 is 2.11 bits per heavy atom. The van der Waals surface area contributed by atoms with E-state index in [1.165, 1.54) is 23.1 Å². The largest absolute Gasteiger partial charge is 0.354 e. The molecule has 2 aromatic rings. The number of halogens is 4. The molecule has 0 saturated carbocycles. The molecule has 0 radical (unpaired) electrons. The second-order valence-electron chi connectivity index (χ2n) is 8.40. The Morgan fingerprint density at radius 1 is 0.971 bits per heavy atom. The van der Waals surface area contributed by atoms with Crippen molar-refractivity contribution in [3.05, 3.63) is 62.1 Å². The van der Waals surface area contributed by atoms with E-state index in [1.807, 2.05) is 13.8 Å². The molecule has 7 nitrogen and oxygen atoms in total. The van der Waals surface area contributed by atoms with Crippen molar-refractivity contribution in [2.45, 2.75) is 33.4 Å². The maximum atomic E-state index is 13.6. The molecule has 2 rings (SSSR count). The third-order valence-electron chi connectivity index (χ3n) is 5.10. The molecule has 0 fully saturated rings. The van der Waals surface area contributed by atoms with Crippen LogP contribution in [0.4, 0.5) is 5.69 Å². The highest BCUT2D eigenvalue weighted by atomic mass is 35.5. The molecule has 0 aliphatic heterocycles. The third-order valence-corrected chi connectivity index (χ3v) is 7.49. The predicted octanol–water partition coefficient (Wildman–Crippen LogP) is 5.26. The van der Waals surface area contributed by atoms with Crippen LogP contribution in [0, 0.1) is 5.92 Å². The molecule has 0 bridgehead atoms. The van der Waals surface area contributed by atoms with Crippen LogP contribution in [0.25, 0.3) is 0 Å². The molecule has 0 aromatic heterocycles. The van der Waals surface area contributed by atoms with Crippen LogP contribution in [0.2, 0.25) is 20.1 Å². The number of hydrogen-bond acceptors (Lipinski definition) is 4. The number of nitrogens with zero attached hydrogens (tertiary/aromatic N) is 2. The first-order valence-corrected chi connectivity index (χ1v) is 14.0. The Balaban J connectivity index is 2.47. The van der Waals surface area contributed by atoms with Crippen molar-refractivity contribution < 1.29 is 18.0 Å². The molecule has 12 heteroatoms. The Morgan fingerprint density at radius 2 is 1.57 bits per heavy atom. The highest BCUT2D eigenvalue weighted by molar-refractivity contribution is 7.92. The summed E-state index contributed by atoms with van der Waals surface area (Å²) >= 11 is 24.9. The summed E-state index contributed by atoms with van der Waals surface area (Å²) in [7, 11) is -3.95. The van der Waals surface area contributed by atoms with Gasteiger partial charge in [-0.3, -0.25) is 13.9 Å². The number of carbonyl (C=O) groups excluding carboxylic acids is 2. The topological polar surface area (TPSA) is 86.8 Å². The second kappa shape index (κ2) is 12.5. The van der Waals surface area contributed by atoms with Gasteiger partial charge in [-0.15, -0.1) is 0 Å². The highest BCUT2D eigenvalue weighted by Crippen LogP contribution is 2.31. The summed E-state index contributed by atoms with van der Waals surface area (Å²) in [6.45, 7) is 5.10. The Kier molecular flexibility index (Phi) is 10.5. The van der Waals surface area contributed by atoms with Crippen LogP contribution in [0.3, 0.4) is 0 Å². The fraction of sp³-hybridized carbons (Fsp3) is 0.391. The lowest BCUT2D eigenvalue weighted by Crippen LogP contribution is -2.51. The number of sulfonamides is 1. The lowest BCUT2D eigenvalue weighted by molar-refractivity contribution is -0.139. The van der Waals surface area contributed by atoms with E-state index < -0.39 is 34.4 Å². The minimum atomic E-state index is -3.95. The van der Waals surface area contributed by atoms with E-state index in [2.05, 4.69) is 5.32 Å². The van der Waals surface area contributed by atoms with E-state index >= 15 is 0 Å². The van der Waals surface area contributed by atoms with Crippen LogP contribution in [0.5, 0.6) is 0 Å². The number of amides is 2. The first-order chi connectivity index (χ1) is 16.2. The van der Waals surface area contributed by atoms with Crippen molar-refractivity contribution in [3.8, 4) is 0 Å². The molecule has 2 amide bonds. The van der Waals surface area contributed by atoms with Gasteiger partial charge in [0, 0.05) is 33.7 Å². The van der Waals surface area contributed by atoms with Gasteiger partial charge in [0.1, 0.15) is 12.6 Å². The van der Waals surface area contributed by atoms with E-state index in [0.717, 1.165) is 10.6 Å². The van der Waals surface area contributed by atoms with E-state index in [-0.39, 0.29) is 28.2 Å². The number of rotatable bonds is 10. The summed E-state index contributed by atoms with van der Waals surface area (Å²) in [6, 6.07) is 8.23. The molecule has 35 heavy (non-hydrogen) atoms. The van der Waals surface area contributed by atoms with Crippen LogP contribution in [-0.4, -0.2) is 50.5 Å².